The number of hydrogen-bond donors (Lipinski definition) is 0. The number of carbonyl (C=O) groups is 1. The first-order valence-corrected chi connectivity index (χ1v) is 8.15. The Morgan fingerprint density at radius 3 is 2.80 bits per heavy atom. The third kappa shape index (κ3) is 2.77. The van der Waals surface area contributed by atoms with Crippen molar-refractivity contribution in [1.29, 1.82) is 0 Å². The highest BCUT2D eigenvalue weighted by molar-refractivity contribution is 5.92. The second kappa shape index (κ2) is 6.08. The van der Waals surface area contributed by atoms with E-state index in [9.17, 15) is 4.79 Å². The fraction of sp³-hybridized carbons (Fsp3) is 0.278. The van der Waals surface area contributed by atoms with Crippen LogP contribution < -0.4 is 4.74 Å². The lowest BCUT2D eigenvalue weighted by atomic mass is 10.1. The van der Waals surface area contributed by atoms with E-state index in [2.05, 4.69) is 10.2 Å². The van der Waals surface area contributed by atoms with Crippen LogP contribution in [0.2, 0.25) is 0 Å². The molecular formula is C18H19N5O2. The van der Waals surface area contributed by atoms with Gasteiger partial charge in [0.05, 0.1) is 13.2 Å². The van der Waals surface area contributed by atoms with Gasteiger partial charge in [0.25, 0.3) is 5.91 Å². The molecule has 1 aromatic carbocycles. The van der Waals surface area contributed by atoms with E-state index in [-0.39, 0.29) is 11.9 Å². The number of benzene rings is 1. The van der Waals surface area contributed by atoms with E-state index in [0.29, 0.717) is 18.8 Å². The average molecular weight is 337 g/mol. The van der Waals surface area contributed by atoms with Crippen molar-refractivity contribution < 1.29 is 9.53 Å². The summed E-state index contributed by atoms with van der Waals surface area (Å²) in [5.74, 6) is 0.657. The normalized spacial score (nSPS) is 14.4. The van der Waals surface area contributed by atoms with Crippen molar-refractivity contribution in [3.8, 4) is 11.4 Å². The minimum Gasteiger partial charge on any atom is -0.494 e. The van der Waals surface area contributed by atoms with Gasteiger partial charge in [-0.3, -0.25) is 9.48 Å². The lowest BCUT2D eigenvalue weighted by molar-refractivity contribution is 0.0495. The number of hydrogen-bond acceptors (Lipinski definition) is 4. The minimum atomic E-state index is -0.0613. The van der Waals surface area contributed by atoms with Crippen molar-refractivity contribution in [2.24, 2.45) is 0 Å². The Bertz CT molecular complexity index is 894. The fourth-order valence-corrected chi connectivity index (χ4v) is 3.00. The van der Waals surface area contributed by atoms with Gasteiger partial charge in [-0.05, 0) is 36.8 Å². The molecule has 0 aliphatic carbocycles. The van der Waals surface area contributed by atoms with Crippen molar-refractivity contribution in [2.75, 3.05) is 20.2 Å². The molecule has 7 nitrogen and oxygen atoms in total. The standard InChI is InChI=1S/C18H19N5O2/c1-13-4-5-17(25-2)16(10-13)23-9-6-15(20-23)18(24)21-11-14(12-21)22-8-3-7-19-22/h3-10,14H,11-12H2,1-2H3. The molecule has 3 heterocycles. The van der Waals surface area contributed by atoms with E-state index in [4.69, 9.17) is 4.74 Å². The summed E-state index contributed by atoms with van der Waals surface area (Å²) in [6.07, 6.45) is 5.46. The van der Waals surface area contributed by atoms with Gasteiger partial charge in [-0.25, -0.2) is 4.68 Å². The van der Waals surface area contributed by atoms with Crippen LogP contribution in [0.1, 0.15) is 22.1 Å². The molecule has 128 valence electrons. The Hall–Kier alpha value is -3.09. The lowest BCUT2D eigenvalue weighted by Gasteiger charge is -2.38. The number of rotatable bonds is 4. The molecule has 1 fully saturated rings. The highest BCUT2D eigenvalue weighted by Gasteiger charge is 2.33. The summed E-state index contributed by atoms with van der Waals surface area (Å²) in [5, 5.41) is 8.66. The zero-order valence-electron chi connectivity index (χ0n) is 14.2. The van der Waals surface area contributed by atoms with Crippen LogP contribution >= 0.6 is 0 Å². The molecular weight excluding hydrogens is 318 g/mol. The van der Waals surface area contributed by atoms with E-state index < -0.39 is 0 Å². The van der Waals surface area contributed by atoms with Gasteiger partial charge in [0.2, 0.25) is 0 Å². The van der Waals surface area contributed by atoms with Crippen LogP contribution in [0.5, 0.6) is 5.75 Å². The van der Waals surface area contributed by atoms with Gasteiger partial charge >= 0.3 is 0 Å². The second-order valence-corrected chi connectivity index (χ2v) is 6.17. The van der Waals surface area contributed by atoms with Crippen molar-refractivity contribution in [1.82, 2.24) is 24.5 Å². The molecule has 1 aliphatic heterocycles. The molecule has 1 aliphatic rings. The van der Waals surface area contributed by atoms with Crippen LogP contribution in [0.25, 0.3) is 5.69 Å². The molecule has 4 rings (SSSR count). The number of carbonyl (C=O) groups excluding carboxylic acids is 1. The average Bonchev–Trinajstić information content (AvgIpc) is 3.25. The number of amides is 1. The van der Waals surface area contributed by atoms with Crippen molar-refractivity contribution in [3.63, 3.8) is 0 Å². The Kier molecular flexibility index (Phi) is 3.76. The molecule has 0 spiro atoms. The van der Waals surface area contributed by atoms with Crippen LogP contribution in [0.15, 0.2) is 48.9 Å². The maximum Gasteiger partial charge on any atom is 0.274 e. The molecule has 1 amide bonds. The van der Waals surface area contributed by atoms with Gasteiger partial charge in [0, 0.05) is 31.7 Å². The lowest BCUT2D eigenvalue weighted by Crippen LogP contribution is -2.51. The topological polar surface area (TPSA) is 65.2 Å². The first kappa shape index (κ1) is 15.4. The maximum atomic E-state index is 12.6. The number of nitrogens with zero attached hydrogens (tertiary/aromatic N) is 5. The summed E-state index contributed by atoms with van der Waals surface area (Å²) < 4.78 is 8.97. The first-order valence-electron chi connectivity index (χ1n) is 8.15. The third-order valence-corrected chi connectivity index (χ3v) is 4.44. The smallest absolute Gasteiger partial charge is 0.274 e. The van der Waals surface area contributed by atoms with Crippen LogP contribution in [0.4, 0.5) is 0 Å². The molecule has 25 heavy (non-hydrogen) atoms. The molecule has 0 atom stereocenters. The van der Waals surface area contributed by atoms with Crippen molar-refractivity contribution in [2.45, 2.75) is 13.0 Å². The van der Waals surface area contributed by atoms with Gasteiger partial charge < -0.3 is 9.64 Å². The minimum absolute atomic E-state index is 0.0613. The molecule has 0 N–H and O–H groups in total. The number of aromatic nitrogens is 4. The zero-order chi connectivity index (χ0) is 17.4. The summed E-state index contributed by atoms with van der Waals surface area (Å²) in [7, 11) is 1.62. The Morgan fingerprint density at radius 2 is 2.08 bits per heavy atom. The van der Waals surface area contributed by atoms with E-state index >= 15 is 0 Å². The monoisotopic (exact) mass is 337 g/mol. The Labute approximate surface area is 145 Å². The molecule has 1 saturated heterocycles. The highest BCUT2D eigenvalue weighted by atomic mass is 16.5. The zero-order valence-corrected chi connectivity index (χ0v) is 14.2. The molecule has 0 unspecified atom stereocenters. The molecule has 0 saturated carbocycles. The van der Waals surface area contributed by atoms with E-state index in [0.717, 1.165) is 17.0 Å². The summed E-state index contributed by atoms with van der Waals surface area (Å²) in [5.41, 5.74) is 2.35. The largest absolute Gasteiger partial charge is 0.494 e. The van der Waals surface area contributed by atoms with E-state index in [1.165, 1.54) is 0 Å². The predicted octanol–water partition coefficient (Wildman–Crippen LogP) is 2.08. The molecule has 3 aromatic rings. The number of likely N-dealkylation sites (tertiary alicyclic amines) is 1. The number of methoxy groups -OCH3 is 1. The van der Waals surface area contributed by atoms with Crippen LogP contribution in [-0.4, -0.2) is 50.6 Å². The van der Waals surface area contributed by atoms with Gasteiger partial charge in [0.15, 0.2) is 5.69 Å². The van der Waals surface area contributed by atoms with E-state index in [1.807, 2.05) is 42.1 Å². The summed E-state index contributed by atoms with van der Waals surface area (Å²) >= 11 is 0. The van der Waals surface area contributed by atoms with Crippen molar-refractivity contribution in [3.05, 3.63) is 60.2 Å². The van der Waals surface area contributed by atoms with Gasteiger partial charge in [-0.15, -0.1) is 0 Å². The molecule has 2 aromatic heterocycles. The first-order chi connectivity index (χ1) is 12.2. The summed E-state index contributed by atoms with van der Waals surface area (Å²) in [4.78, 5) is 14.4. The van der Waals surface area contributed by atoms with Crippen molar-refractivity contribution >= 4 is 5.91 Å². The van der Waals surface area contributed by atoms with Gasteiger partial charge in [-0.2, -0.15) is 10.2 Å². The third-order valence-electron chi connectivity index (χ3n) is 4.44. The SMILES string of the molecule is COc1ccc(C)cc1-n1ccc(C(=O)N2CC(n3cccn3)C2)n1. The Morgan fingerprint density at radius 1 is 1.24 bits per heavy atom. The number of ether oxygens (including phenoxy) is 1. The summed E-state index contributed by atoms with van der Waals surface area (Å²) in [6, 6.07) is 9.74. The molecule has 0 bridgehead atoms. The van der Waals surface area contributed by atoms with E-state index in [1.54, 1.807) is 35.2 Å². The predicted molar refractivity (Wildman–Crippen MR) is 92.0 cm³/mol. The molecule has 7 heteroatoms. The van der Waals surface area contributed by atoms with Crippen LogP contribution in [-0.2, 0) is 0 Å². The highest BCUT2D eigenvalue weighted by Crippen LogP contribution is 2.25. The number of aryl methyl sites for hydroxylation is 1. The van der Waals surface area contributed by atoms with Crippen LogP contribution in [0, 0.1) is 6.92 Å². The maximum absolute atomic E-state index is 12.6. The second-order valence-electron chi connectivity index (χ2n) is 6.17. The van der Waals surface area contributed by atoms with Crippen LogP contribution in [0.3, 0.4) is 0 Å². The van der Waals surface area contributed by atoms with Gasteiger partial charge in [0.1, 0.15) is 11.4 Å². The Balaban J connectivity index is 1.50. The summed E-state index contributed by atoms with van der Waals surface area (Å²) in [6.45, 7) is 3.32. The quantitative estimate of drug-likeness (QED) is 0.731. The fourth-order valence-electron chi connectivity index (χ4n) is 3.00. The van der Waals surface area contributed by atoms with Gasteiger partial charge in [-0.1, -0.05) is 6.07 Å². The molecule has 0 radical (unpaired) electrons.